The number of nitrogens with zero attached hydrogens (tertiary/aromatic N) is 2. The van der Waals surface area contributed by atoms with E-state index < -0.39 is 28.5 Å². The second kappa shape index (κ2) is 9.74. The standard InChI is InChI=1S/C19H19Cl2N3O5S/c20-15-7-6-13(30(27,28)24-9-2-1-3-10-24)11-14(15)19(26)29-12-17(25)23-16-5-4-8-22-18(16)21/h4-8,11H,1-3,9-10,12H2,(H,23,25). The molecule has 1 amide bonds. The second-order valence-electron chi connectivity index (χ2n) is 6.57. The number of ether oxygens (including phenoxy) is 1. The minimum Gasteiger partial charge on any atom is -0.452 e. The minimum atomic E-state index is -3.75. The van der Waals surface area contributed by atoms with E-state index in [0.717, 1.165) is 19.3 Å². The van der Waals surface area contributed by atoms with Crippen LogP contribution >= 0.6 is 23.2 Å². The highest BCUT2D eigenvalue weighted by Crippen LogP contribution is 2.25. The third kappa shape index (κ3) is 5.28. The van der Waals surface area contributed by atoms with E-state index >= 15 is 0 Å². The van der Waals surface area contributed by atoms with Gasteiger partial charge in [0.25, 0.3) is 5.91 Å². The van der Waals surface area contributed by atoms with Crippen LogP contribution in [0.4, 0.5) is 5.69 Å². The topological polar surface area (TPSA) is 106 Å². The summed E-state index contributed by atoms with van der Waals surface area (Å²) in [5.74, 6) is -1.55. The lowest BCUT2D eigenvalue weighted by Crippen LogP contribution is -2.35. The van der Waals surface area contributed by atoms with Gasteiger partial charge in [0.2, 0.25) is 10.0 Å². The molecule has 1 saturated heterocycles. The number of piperidine rings is 1. The first-order chi connectivity index (χ1) is 14.3. The van der Waals surface area contributed by atoms with Crippen LogP contribution in [-0.4, -0.2) is 49.3 Å². The Morgan fingerprint density at radius 3 is 2.57 bits per heavy atom. The summed E-state index contributed by atoms with van der Waals surface area (Å²) in [6.45, 7) is 0.257. The number of carbonyl (C=O) groups is 2. The Hall–Kier alpha value is -2.20. The molecule has 0 unspecified atom stereocenters. The maximum Gasteiger partial charge on any atom is 0.340 e. The van der Waals surface area contributed by atoms with Crippen molar-refractivity contribution in [2.24, 2.45) is 0 Å². The lowest BCUT2D eigenvalue weighted by atomic mass is 10.2. The van der Waals surface area contributed by atoms with Gasteiger partial charge in [0.05, 0.1) is 21.2 Å². The summed E-state index contributed by atoms with van der Waals surface area (Å²) in [6.07, 6.45) is 4.02. The predicted molar refractivity (Wildman–Crippen MR) is 112 cm³/mol. The first-order valence-corrected chi connectivity index (χ1v) is 11.4. The molecule has 0 spiro atoms. The van der Waals surface area contributed by atoms with E-state index in [1.54, 1.807) is 12.1 Å². The number of halogens is 2. The first-order valence-electron chi connectivity index (χ1n) is 9.16. The number of hydrogen-bond donors (Lipinski definition) is 1. The molecular weight excluding hydrogens is 453 g/mol. The molecule has 3 rings (SSSR count). The molecule has 30 heavy (non-hydrogen) atoms. The highest BCUT2D eigenvalue weighted by molar-refractivity contribution is 7.89. The molecule has 2 heterocycles. The minimum absolute atomic E-state index is 0.0216. The fraction of sp³-hybridized carbons (Fsp3) is 0.316. The zero-order chi connectivity index (χ0) is 21.7. The third-order valence-electron chi connectivity index (χ3n) is 4.48. The summed E-state index contributed by atoms with van der Waals surface area (Å²) in [4.78, 5) is 28.2. The number of aromatic nitrogens is 1. The van der Waals surface area contributed by atoms with Gasteiger partial charge in [-0.25, -0.2) is 18.2 Å². The summed E-state index contributed by atoms with van der Waals surface area (Å²) < 4.78 is 32.0. The molecule has 160 valence electrons. The normalized spacial score (nSPS) is 14.9. The zero-order valence-electron chi connectivity index (χ0n) is 15.8. The SMILES string of the molecule is O=C(COC(=O)c1cc(S(=O)(=O)N2CCCCC2)ccc1Cl)Nc1cccnc1Cl. The Morgan fingerprint density at radius 1 is 1.13 bits per heavy atom. The Morgan fingerprint density at radius 2 is 1.87 bits per heavy atom. The van der Waals surface area contributed by atoms with Gasteiger partial charge in [-0.05, 0) is 43.2 Å². The maximum atomic E-state index is 12.8. The van der Waals surface area contributed by atoms with Gasteiger partial charge in [-0.1, -0.05) is 29.6 Å². The quantitative estimate of drug-likeness (QED) is 0.511. The number of esters is 1. The Kier molecular flexibility index (Phi) is 7.30. The molecule has 1 aliphatic rings. The summed E-state index contributed by atoms with van der Waals surface area (Å²) in [5, 5.41) is 2.58. The number of nitrogens with one attached hydrogen (secondary N) is 1. The van der Waals surface area contributed by atoms with Gasteiger partial charge in [-0.3, -0.25) is 4.79 Å². The number of pyridine rings is 1. The van der Waals surface area contributed by atoms with Crippen LogP contribution in [0.15, 0.2) is 41.4 Å². The van der Waals surface area contributed by atoms with E-state index in [0.29, 0.717) is 13.1 Å². The van der Waals surface area contributed by atoms with Crippen molar-refractivity contribution in [3.8, 4) is 0 Å². The van der Waals surface area contributed by atoms with Gasteiger partial charge in [0, 0.05) is 19.3 Å². The molecule has 0 atom stereocenters. The lowest BCUT2D eigenvalue weighted by Gasteiger charge is -2.26. The second-order valence-corrected chi connectivity index (χ2v) is 9.28. The molecule has 1 aromatic heterocycles. The number of hydrogen-bond acceptors (Lipinski definition) is 6. The highest BCUT2D eigenvalue weighted by atomic mass is 35.5. The van der Waals surface area contributed by atoms with Crippen LogP contribution in [-0.2, 0) is 19.6 Å². The molecule has 0 saturated carbocycles. The van der Waals surface area contributed by atoms with Crippen molar-refractivity contribution in [1.82, 2.24) is 9.29 Å². The van der Waals surface area contributed by atoms with Crippen molar-refractivity contribution < 1.29 is 22.7 Å². The van der Waals surface area contributed by atoms with Gasteiger partial charge >= 0.3 is 5.97 Å². The summed E-state index contributed by atoms with van der Waals surface area (Å²) in [7, 11) is -3.75. The van der Waals surface area contributed by atoms with E-state index in [1.807, 2.05) is 0 Å². The van der Waals surface area contributed by atoms with Crippen LogP contribution < -0.4 is 5.32 Å². The number of sulfonamides is 1. The maximum absolute atomic E-state index is 12.8. The molecule has 11 heteroatoms. The van der Waals surface area contributed by atoms with E-state index in [2.05, 4.69) is 10.3 Å². The Bertz CT molecular complexity index is 1060. The van der Waals surface area contributed by atoms with Crippen LogP contribution in [0.25, 0.3) is 0 Å². The van der Waals surface area contributed by atoms with Gasteiger partial charge in [0.15, 0.2) is 11.8 Å². The fourth-order valence-electron chi connectivity index (χ4n) is 2.95. The Balaban J connectivity index is 1.69. The van der Waals surface area contributed by atoms with E-state index in [-0.39, 0.29) is 26.3 Å². The molecule has 2 aromatic rings. The number of benzene rings is 1. The lowest BCUT2D eigenvalue weighted by molar-refractivity contribution is -0.119. The number of amides is 1. The summed E-state index contributed by atoms with van der Waals surface area (Å²) in [5.41, 5.74) is 0.134. The smallest absolute Gasteiger partial charge is 0.340 e. The molecule has 1 N–H and O–H groups in total. The van der Waals surface area contributed by atoms with E-state index in [4.69, 9.17) is 27.9 Å². The molecule has 0 bridgehead atoms. The number of carbonyl (C=O) groups excluding carboxylic acids is 2. The monoisotopic (exact) mass is 471 g/mol. The largest absolute Gasteiger partial charge is 0.452 e. The van der Waals surface area contributed by atoms with E-state index in [9.17, 15) is 18.0 Å². The van der Waals surface area contributed by atoms with Crippen molar-refractivity contribution in [1.29, 1.82) is 0 Å². The van der Waals surface area contributed by atoms with Crippen molar-refractivity contribution >= 4 is 50.8 Å². The molecule has 1 aliphatic heterocycles. The summed E-state index contributed by atoms with van der Waals surface area (Å²) in [6, 6.07) is 6.97. The van der Waals surface area contributed by atoms with Crippen molar-refractivity contribution in [3.05, 3.63) is 52.3 Å². The number of rotatable bonds is 6. The molecule has 0 aliphatic carbocycles. The third-order valence-corrected chi connectivity index (χ3v) is 7.00. The van der Waals surface area contributed by atoms with Crippen LogP contribution in [0.3, 0.4) is 0 Å². The van der Waals surface area contributed by atoms with Crippen molar-refractivity contribution in [2.45, 2.75) is 24.2 Å². The predicted octanol–water partition coefficient (Wildman–Crippen LogP) is 3.36. The van der Waals surface area contributed by atoms with Gasteiger partial charge in [-0.15, -0.1) is 0 Å². The van der Waals surface area contributed by atoms with Gasteiger partial charge in [0.1, 0.15) is 0 Å². The number of anilines is 1. The molecule has 8 nitrogen and oxygen atoms in total. The van der Waals surface area contributed by atoms with Crippen LogP contribution in [0, 0.1) is 0 Å². The molecule has 1 fully saturated rings. The van der Waals surface area contributed by atoms with Crippen molar-refractivity contribution in [3.63, 3.8) is 0 Å². The Labute approximate surface area is 184 Å². The van der Waals surface area contributed by atoms with Crippen LogP contribution in [0.5, 0.6) is 0 Å². The highest BCUT2D eigenvalue weighted by Gasteiger charge is 2.27. The molecule has 1 aromatic carbocycles. The van der Waals surface area contributed by atoms with Crippen LogP contribution in [0.1, 0.15) is 29.6 Å². The van der Waals surface area contributed by atoms with Gasteiger partial charge in [-0.2, -0.15) is 4.31 Å². The van der Waals surface area contributed by atoms with Gasteiger partial charge < -0.3 is 10.1 Å². The van der Waals surface area contributed by atoms with Crippen LogP contribution in [0.2, 0.25) is 10.2 Å². The average Bonchev–Trinajstić information content (AvgIpc) is 2.74. The zero-order valence-corrected chi connectivity index (χ0v) is 18.1. The fourth-order valence-corrected chi connectivity index (χ4v) is 4.86. The first kappa shape index (κ1) is 22.5. The average molecular weight is 472 g/mol. The molecule has 0 radical (unpaired) electrons. The molecular formula is C19H19Cl2N3O5S. The van der Waals surface area contributed by atoms with E-state index in [1.165, 1.54) is 28.7 Å². The summed E-state index contributed by atoms with van der Waals surface area (Å²) >= 11 is 11.9. The van der Waals surface area contributed by atoms with Crippen molar-refractivity contribution in [2.75, 3.05) is 25.0 Å².